The molecule has 2 atom stereocenters. The van der Waals surface area contributed by atoms with Gasteiger partial charge in [0.15, 0.2) is 0 Å². The predicted octanol–water partition coefficient (Wildman–Crippen LogP) is 2.42. The van der Waals surface area contributed by atoms with Crippen molar-refractivity contribution in [1.82, 2.24) is 0 Å². The Morgan fingerprint density at radius 1 is 1.41 bits per heavy atom. The average molecular weight is 244 g/mol. The number of carbonyl (C=O) groups is 2. The van der Waals surface area contributed by atoms with Crippen LogP contribution in [0.5, 0.6) is 0 Å². The van der Waals surface area contributed by atoms with E-state index in [0.29, 0.717) is 0 Å². The smallest absolute Gasteiger partial charge is 0.460 e. The second kappa shape index (κ2) is 7.14. The SMILES string of the molecule is CCCCC(CCC)OC(=O)C1COC(=O)O1. The third-order valence-corrected chi connectivity index (χ3v) is 2.63. The van der Waals surface area contributed by atoms with Crippen molar-refractivity contribution < 1.29 is 23.8 Å². The Labute approximate surface area is 101 Å². The van der Waals surface area contributed by atoms with Crippen LogP contribution < -0.4 is 0 Å². The molecule has 0 radical (unpaired) electrons. The van der Waals surface area contributed by atoms with E-state index >= 15 is 0 Å². The van der Waals surface area contributed by atoms with Crippen LogP contribution in [0, 0.1) is 0 Å². The minimum atomic E-state index is -0.886. The van der Waals surface area contributed by atoms with Crippen molar-refractivity contribution in [3.8, 4) is 0 Å². The van der Waals surface area contributed by atoms with Crippen LogP contribution in [-0.4, -0.2) is 30.9 Å². The third-order valence-electron chi connectivity index (χ3n) is 2.63. The topological polar surface area (TPSA) is 61.8 Å². The van der Waals surface area contributed by atoms with E-state index < -0.39 is 18.2 Å². The van der Waals surface area contributed by atoms with E-state index in [1.54, 1.807) is 0 Å². The van der Waals surface area contributed by atoms with Gasteiger partial charge in [0.25, 0.3) is 0 Å². The monoisotopic (exact) mass is 244 g/mol. The zero-order chi connectivity index (χ0) is 12.7. The lowest BCUT2D eigenvalue weighted by molar-refractivity contribution is -0.158. The van der Waals surface area contributed by atoms with E-state index in [2.05, 4.69) is 16.4 Å². The lowest BCUT2D eigenvalue weighted by Crippen LogP contribution is -2.29. The zero-order valence-corrected chi connectivity index (χ0v) is 10.4. The molecule has 1 saturated heterocycles. The molecule has 5 heteroatoms. The summed E-state index contributed by atoms with van der Waals surface area (Å²) in [6.07, 6.45) is 2.99. The molecular weight excluding hydrogens is 224 g/mol. The minimum Gasteiger partial charge on any atom is -0.460 e. The van der Waals surface area contributed by atoms with Crippen molar-refractivity contribution >= 4 is 12.1 Å². The third kappa shape index (κ3) is 4.63. The maximum Gasteiger partial charge on any atom is 0.509 e. The number of unbranched alkanes of at least 4 members (excludes halogenated alkanes) is 1. The molecule has 0 aliphatic carbocycles. The molecule has 1 aliphatic rings. The van der Waals surface area contributed by atoms with E-state index in [-0.39, 0.29) is 12.7 Å². The summed E-state index contributed by atoms with van der Waals surface area (Å²) < 4.78 is 14.5. The molecule has 1 rings (SSSR count). The molecule has 0 aromatic heterocycles. The summed E-state index contributed by atoms with van der Waals surface area (Å²) in [6.45, 7) is 4.10. The van der Waals surface area contributed by atoms with E-state index in [1.807, 2.05) is 6.92 Å². The van der Waals surface area contributed by atoms with Crippen LogP contribution in [0.1, 0.15) is 46.0 Å². The Bertz CT molecular complexity index is 264. The van der Waals surface area contributed by atoms with Gasteiger partial charge in [-0.3, -0.25) is 0 Å². The van der Waals surface area contributed by atoms with E-state index in [0.717, 1.165) is 32.1 Å². The summed E-state index contributed by atoms with van der Waals surface area (Å²) in [5, 5.41) is 0. The summed E-state index contributed by atoms with van der Waals surface area (Å²) in [5.41, 5.74) is 0. The van der Waals surface area contributed by atoms with Crippen LogP contribution in [0.25, 0.3) is 0 Å². The number of hydrogen-bond donors (Lipinski definition) is 0. The lowest BCUT2D eigenvalue weighted by Gasteiger charge is -2.18. The molecule has 0 spiro atoms. The quantitative estimate of drug-likeness (QED) is 0.643. The van der Waals surface area contributed by atoms with Crippen LogP contribution >= 0.6 is 0 Å². The van der Waals surface area contributed by atoms with Gasteiger partial charge in [-0.2, -0.15) is 0 Å². The Balaban J connectivity index is 2.37. The normalized spacial score (nSPS) is 20.6. The average Bonchev–Trinajstić information content (AvgIpc) is 2.73. The zero-order valence-electron chi connectivity index (χ0n) is 10.4. The van der Waals surface area contributed by atoms with Gasteiger partial charge in [0, 0.05) is 0 Å². The molecule has 98 valence electrons. The maximum absolute atomic E-state index is 11.7. The molecule has 0 aromatic carbocycles. The predicted molar refractivity (Wildman–Crippen MR) is 60.5 cm³/mol. The standard InChI is InChI=1S/C12H20O5/c1-3-5-7-9(6-4-2)16-11(13)10-8-15-12(14)17-10/h9-10H,3-8H2,1-2H3. The molecule has 2 unspecified atom stereocenters. The first-order valence-electron chi connectivity index (χ1n) is 6.21. The number of rotatable bonds is 7. The first-order chi connectivity index (χ1) is 8.17. The highest BCUT2D eigenvalue weighted by Crippen LogP contribution is 2.15. The van der Waals surface area contributed by atoms with Gasteiger partial charge in [0.1, 0.15) is 12.7 Å². The summed E-state index contributed by atoms with van der Waals surface area (Å²) in [7, 11) is 0. The largest absolute Gasteiger partial charge is 0.509 e. The fourth-order valence-corrected chi connectivity index (χ4v) is 1.70. The van der Waals surface area contributed by atoms with E-state index in [9.17, 15) is 9.59 Å². The first-order valence-corrected chi connectivity index (χ1v) is 6.21. The van der Waals surface area contributed by atoms with Gasteiger partial charge in [-0.25, -0.2) is 9.59 Å². The Morgan fingerprint density at radius 3 is 2.71 bits per heavy atom. The van der Waals surface area contributed by atoms with Gasteiger partial charge in [-0.05, 0) is 12.8 Å². The number of esters is 1. The molecule has 1 fully saturated rings. The number of ether oxygens (including phenoxy) is 3. The number of cyclic esters (lactones) is 2. The molecule has 0 N–H and O–H groups in total. The molecule has 1 heterocycles. The number of hydrogen-bond acceptors (Lipinski definition) is 5. The van der Waals surface area contributed by atoms with Crippen LogP contribution in [0.15, 0.2) is 0 Å². The van der Waals surface area contributed by atoms with Crippen molar-refractivity contribution in [2.24, 2.45) is 0 Å². The van der Waals surface area contributed by atoms with Gasteiger partial charge in [0.2, 0.25) is 6.10 Å². The minimum absolute atomic E-state index is 0.0374. The van der Waals surface area contributed by atoms with Gasteiger partial charge < -0.3 is 14.2 Å². The summed E-state index contributed by atoms with van der Waals surface area (Å²) in [6, 6.07) is 0. The van der Waals surface area contributed by atoms with E-state index in [4.69, 9.17) is 4.74 Å². The summed E-state index contributed by atoms with van der Waals surface area (Å²) in [5.74, 6) is -0.495. The summed E-state index contributed by atoms with van der Waals surface area (Å²) in [4.78, 5) is 22.3. The molecule has 0 aromatic rings. The van der Waals surface area contributed by atoms with Gasteiger partial charge in [-0.15, -0.1) is 0 Å². The molecule has 1 aliphatic heterocycles. The van der Waals surface area contributed by atoms with Crippen LogP contribution in [-0.2, 0) is 19.0 Å². The van der Waals surface area contributed by atoms with Crippen molar-refractivity contribution in [3.63, 3.8) is 0 Å². The molecule has 0 amide bonds. The first kappa shape index (κ1) is 13.8. The van der Waals surface area contributed by atoms with Gasteiger partial charge in [-0.1, -0.05) is 33.1 Å². The van der Waals surface area contributed by atoms with Crippen LogP contribution in [0.3, 0.4) is 0 Å². The molecule has 0 saturated carbocycles. The van der Waals surface area contributed by atoms with Crippen molar-refractivity contribution in [1.29, 1.82) is 0 Å². The second-order valence-electron chi connectivity index (χ2n) is 4.16. The highest BCUT2D eigenvalue weighted by Gasteiger charge is 2.34. The van der Waals surface area contributed by atoms with Gasteiger partial charge in [0.05, 0.1) is 0 Å². The van der Waals surface area contributed by atoms with E-state index in [1.165, 1.54) is 0 Å². The Kier molecular flexibility index (Phi) is 5.80. The highest BCUT2D eigenvalue weighted by molar-refractivity contribution is 5.79. The van der Waals surface area contributed by atoms with Crippen LogP contribution in [0.4, 0.5) is 4.79 Å². The fraction of sp³-hybridized carbons (Fsp3) is 0.833. The highest BCUT2D eigenvalue weighted by atomic mass is 16.8. The van der Waals surface area contributed by atoms with Crippen molar-refractivity contribution in [3.05, 3.63) is 0 Å². The number of carbonyl (C=O) groups excluding carboxylic acids is 2. The van der Waals surface area contributed by atoms with Crippen LogP contribution in [0.2, 0.25) is 0 Å². The summed E-state index contributed by atoms with van der Waals surface area (Å²) >= 11 is 0. The van der Waals surface area contributed by atoms with Gasteiger partial charge >= 0.3 is 12.1 Å². The molecule has 17 heavy (non-hydrogen) atoms. The fourth-order valence-electron chi connectivity index (χ4n) is 1.70. The Morgan fingerprint density at radius 2 is 2.18 bits per heavy atom. The molecule has 5 nitrogen and oxygen atoms in total. The molecular formula is C12H20O5. The van der Waals surface area contributed by atoms with Crippen molar-refractivity contribution in [2.75, 3.05) is 6.61 Å². The maximum atomic E-state index is 11.7. The Hall–Kier alpha value is -1.26. The lowest BCUT2D eigenvalue weighted by atomic mass is 10.1. The molecule has 0 bridgehead atoms. The second-order valence-corrected chi connectivity index (χ2v) is 4.16. The van der Waals surface area contributed by atoms with Crippen molar-refractivity contribution in [2.45, 2.75) is 58.2 Å².